The Morgan fingerprint density at radius 1 is 1.24 bits per heavy atom. The molecule has 0 aliphatic carbocycles. The van der Waals surface area contributed by atoms with Gasteiger partial charge in [0.2, 0.25) is 0 Å². The SMILES string of the molecule is CCNCC(C)(CC)Oc1cccc(C)c1C. The summed E-state index contributed by atoms with van der Waals surface area (Å²) >= 11 is 0. The van der Waals surface area contributed by atoms with Crippen molar-refractivity contribution in [2.75, 3.05) is 13.1 Å². The van der Waals surface area contributed by atoms with Gasteiger partial charge in [0.1, 0.15) is 11.4 Å². The molecule has 0 bridgehead atoms. The fourth-order valence-corrected chi connectivity index (χ4v) is 1.72. The first kappa shape index (κ1) is 14.0. The second-order valence-corrected chi connectivity index (χ2v) is 4.88. The van der Waals surface area contributed by atoms with E-state index in [9.17, 15) is 0 Å². The molecule has 0 radical (unpaired) electrons. The molecule has 1 N–H and O–H groups in total. The summed E-state index contributed by atoms with van der Waals surface area (Å²) in [6.07, 6.45) is 0.993. The van der Waals surface area contributed by atoms with E-state index in [4.69, 9.17) is 4.74 Å². The normalized spacial score (nSPS) is 14.4. The van der Waals surface area contributed by atoms with Crippen molar-refractivity contribution in [3.63, 3.8) is 0 Å². The molecule has 0 saturated carbocycles. The van der Waals surface area contributed by atoms with Gasteiger partial charge in [-0.25, -0.2) is 0 Å². The number of nitrogens with one attached hydrogen (secondary N) is 1. The summed E-state index contributed by atoms with van der Waals surface area (Å²) < 4.78 is 6.20. The average molecular weight is 235 g/mol. The minimum Gasteiger partial charge on any atom is -0.486 e. The molecule has 17 heavy (non-hydrogen) atoms. The van der Waals surface area contributed by atoms with Gasteiger partial charge in [-0.05, 0) is 50.9 Å². The number of hydrogen-bond donors (Lipinski definition) is 1. The van der Waals surface area contributed by atoms with Gasteiger partial charge in [-0.15, -0.1) is 0 Å². The molecule has 2 nitrogen and oxygen atoms in total. The number of aryl methyl sites for hydroxylation is 1. The van der Waals surface area contributed by atoms with Gasteiger partial charge in [-0.1, -0.05) is 26.0 Å². The molecular weight excluding hydrogens is 210 g/mol. The second kappa shape index (κ2) is 6.06. The third kappa shape index (κ3) is 3.74. The molecule has 0 aliphatic heterocycles. The topological polar surface area (TPSA) is 21.3 Å². The highest BCUT2D eigenvalue weighted by Gasteiger charge is 2.24. The Morgan fingerprint density at radius 3 is 2.53 bits per heavy atom. The van der Waals surface area contributed by atoms with Crippen molar-refractivity contribution in [1.82, 2.24) is 5.32 Å². The molecule has 0 fully saturated rings. The summed E-state index contributed by atoms with van der Waals surface area (Å²) in [6, 6.07) is 6.24. The fourth-order valence-electron chi connectivity index (χ4n) is 1.72. The number of likely N-dealkylation sites (N-methyl/N-ethyl adjacent to an activating group) is 1. The van der Waals surface area contributed by atoms with E-state index in [0.29, 0.717) is 0 Å². The van der Waals surface area contributed by atoms with E-state index < -0.39 is 0 Å². The van der Waals surface area contributed by atoms with Crippen LogP contribution in [-0.2, 0) is 0 Å². The van der Waals surface area contributed by atoms with Crippen LogP contribution in [0.5, 0.6) is 5.75 Å². The smallest absolute Gasteiger partial charge is 0.123 e. The van der Waals surface area contributed by atoms with E-state index in [-0.39, 0.29) is 5.60 Å². The first-order valence-corrected chi connectivity index (χ1v) is 6.48. The van der Waals surface area contributed by atoms with Crippen LogP contribution in [0, 0.1) is 13.8 Å². The minimum atomic E-state index is -0.130. The molecule has 0 aromatic heterocycles. The van der Waals surface area contributed by atoms with E-state index in [2.05, 4.69) is 58.1 Å². The standard InChI is InChI=1S/C15H25NO/c1-6-15(5,11-16-7-2)17-14-10-8-9-12(3)13(14)4/h8-10,16H,6-7,11H2,1-5H3. The number of hydrogen-bond acceptors (Lipinski definition) is 2. The number of ether oxygens (including phenoxy) is 1. The van der Waals surface area contributed by atoms with E-state index in [0.717, 1.165) is 25.3 Å². The van der Waals surface area contributed by atoms with Gasteiger partial charge in [-0.2, -0.15) is 0 Å². The third-order valence-electron chi connectivity index (χ3n) is 3.41. The highest BCUT2D eigenvalue weighted by atomic mass is 16.5. The molecule has 0 aliphatic rings. The van der Waals surface area contributed by atoms with Crippen LogP contribution in [0.3, 0.4) is 0 Å². The van der Waals surface area contributed by atoms with E-state index in [1.807, 2.05) is 0 Å². The Labute approximate surface area is 105 Å². The fraction of sp³-hybridized carbons (Fsp3) is 0.600. The van der Waals surface area contributed by atoms with Crippen LogP contribution in [0.25, 0.3) is 0 Å². The largest absolute Gasteiger partial charge is 0.486 e. The second-order valence-electron chi connectivity index (χ2n) is 4.88. The molecule has 0 spiro atoms. The maximum atomic E-state index is 6.20. The first-order chi connectivity index (χ1) is 8.02. The summed E-state index contributed by atoms with van der Waals surface area (Å²) in [5, 5.41) is 3.37. The predicted octanol–water partition coefficient (Wildman–Crippen LogP) is 3.46. The Morgan fingerprint density at radius 2 is 1.94 bits per heavy atom. The Hall–Kier alpha value is -1.02. The van der Waals surface area contributed by atoms with Crippen LogP contribution in [0.2, 0.25) is 0 Å². The third-order valence-corrected chi connectivity index (χ3v) is 3.41. The average Bonchev–Trinajstić information content (AvgIpc) is 2.33. The van der Waals surface area contributed by atoms with Crippen LogP contribution in [-0.4, -0.2) is 18.7 Å². The van der Waals surface area contributed by atoms with Crippen LogP contribution in [0.4, 0.5) is 0 Å². The van der Waals surface area contributed by atoms with Crippen LogP contribution >= 0.6 is 0 Å². The Kier molecular flexibility index (Phi) is 5.01. The first-order valence-electron chi connectivity index (χ1n) is 6.48. The van der Waals surface area contributed by atoms with Crippen molar-refractivity contribution in [1.29, 1.82) is 0 Å². The molecule has 1 atom stereocenters. The minimum absolute atomic E-state index is 0.130. The van der Waals surface area contributed by atoms with Gasteiger partial charge in [0.05, 0.1) is 0 Å². The van der Waals surface area contributed by atoms with Crippen molar-refractivity contribution < 1.29 is 4.74 Å². The predicted molar refractivity (Wildman–Crippen MR) is 73.8 cm³/mol. The summed E-state index contributed by atoms with van der Waals surface area (Å²) in [5.41, 5.74) is 2.39. The van der Waals surface area contributed by atoms with Crippen LogP contribution in [0.15, 0.2) is 18.2 Å². The van der Waals surface area contributed by atoms with Gasteiger partial charge in [0, 0.05) is 6.54 Å². The highest BCUT2D eigenvalue weighted by Crippen LogP contribution is 2.26. The van der Waals surface area contributed by atoms with Crippen molar-refractivity contribution in [2.24, 2.45) is 0 Å². The summed E-state index contributed by atoms with van der Waals surface area (Å²) in [4.78, 5) is 0. The molecule has 0 heterocycles. The molecule has 0 saturated heterocycles. The number of rotatable bonds is 6. The lowest BCUT2D eigenvalue weighted by molar-refractivity contribution is 0.0833. The number of benzene rings is 1. The lowest BCUT2D eigenvalue weighted by Gasteiger charge is -2.31. The molecule has 1 rings (SSSR count). The van der Waals surface area contributed by atoms with E-state index in [1.54, 1.807) is 0 Å². The molecule has 1 unspecified atom stereocenters. The summed E-state index contributed by atoms with van der Waals surface area (Å²) in [6.45, 7) is 12.6. The molecular formula is C15H25NO. The van der Waals surface area contributed by atoms with Crippen molar-refractivity contribution in [3.8, 4) is 5.75 Å². The van der Waals surface area contributed by atoms with Crippen molar-refractivity contribution >= 4 is 0 Å². The van der Waals surface area contributed by atoms with Gasteiger partial charge >= 0.3 is 0 Å². The zero-order valence-corrected chi connectivity index (χ0v) is 11.8. The van der Waals surface area contributed by atoms with Crippen LogP contribution in [0.1, 0.15) is 38.3 Å². The maximum absolute atomic E-state index is 6.20. The van der Waals surface area contributed by atoms with Gasteiger partial charge in [0.15, 0.2) is 0 Å². The molecule has 0 amide bonds. The van der Waals surface area contributed by atoms with Crippen molar-refractivity contribution in [2.45, 2.75) is 46.6 Å². The Bertz CT molecular complexity index is 362. The maximum Gasteiger partial charge on any atom is 0.123 e. The van der Waals surface area contributed by atoms with Gasteiger partial charge < -0.3 is 10.1 Å². The zero-order chi connectivity index (χ0) is 12.9. The lowest BCUT2D eigenvalue weighted by Crippen LogP contribution is -2.42. The van der Waals surface area contributed by atoms with E-state index >= 15 is 0 Å². The molecule has 1 aromatic rings. The molecule has 1 aromatic carbocycles. The van der Waals surface area contributed by atoms with Gasteiger partial charge in [0.25, 0.3) is 0 Å². The zero-order valence-electron chi connectivity index (χ0n) is 11.8. The van der Waals surface area contributed by atoms with Crippen LogP contribution < -0.4 is 10.1 Å². The molecule has 96 valence electrons. The van der Waals surface area contributed by atoms with Crippen molar-refractivity contribution in [3.05, 3.63) is 29.3 Å². The lowest BCUT2D eigenvalue weighted by atomic mass is 10.0. The summed E-state index contributed by atoms with van der Waals surface area (Å²) in [5.74, 6) is 1.01. The van der Waals surface area contributed by atoms with E-state index in [1.165, 1.54) is 11.1 Å². The van der Waals surface area contributed by atoms with Gasteiger partial charge in [-0.3, -0.25) is 0 Å². The quantitative estimate of drug-likeness (QED) is 0.815. The monoisotopic (exact) mass is 235 g/mol. The highest BCUT2D eigenvalue weighted by molar-refractivity contribution is 5.38. The molecule has 2 heteroatoms. The summed E-state index contributed by atoms with van der Waals surface area (Å²) in [7, 11) is 0. The Balaban J connectivity index is 2.83.